The molecule has 0 amide bonds. The summed E-state index contributed by atoms with van der Waals surface area (Å²) in [6.45, 7) is 0.916. The molecule has 0 saturated carbocycles. The molecule has 1 atom stereocenters. The van der Waals surface area contributed by atoms with E-state index >= 15 is 0 Å². The van der Waals surface area contributed by atoms with Crippen molar-refractivity contribution in [2.45, 2.75) is 18.9 Å². The van der Waals surface area contributed by atoms with Crippen LogP contribution >= 0.6 is 11.3 Å². The first-order valence-electron chi connectivity index (χ1n) is 6.28. The molecule has 2 nitrogen and oxygen atoms in total. The normalized spacial score (nSPS) is 23.1. The number of anilines is 1. The molecule has 1 aliphatic heterocycles. The second-order valence-electron chi connectivity index (χ2n) is 4.84. The van der Waals surface area contributed by atoms with E-state index in [1.165, 1.54) is 5.57 Å². The average molecular weight is 264 g/mol. The van der Waals surface area contributed by atoms with Gasteiger partial charge >= 0.3 is 0 Å². The smallest absolute Gasteiger partial charge is 0.161 e. The van der Waals surface area contributed by atoms with E-state index in [1.807, 2.05) is 0 Å². The zero-order chi connectivity index (χ0) is 12.7. The van der Waals surface area contributed by atoms with Crippen LogP contribution in [-0.2, 0) is 6.42 Å². The van der Waals surface area contributed by atoms with Gasteiger partial charge in [-0.25, -0.2) is 4.39 Å². The van der Waals surface area contributed by atoms with E-state index in [4.69, 9.17) is 0 Å². The first-order chi connectivity index (χ1) is 8.72. The maximum absolute atomic E-state index is 14.3. The lowest BCUT2D eigenvalue weighted by Crippen LogP contribution is -2.32. The highest BCUT2D eigenvalue weighted by Gasteiger charge is 2.30. The molecule has 0 radical (unpaired) electrons. The summed E-state index contributed by atoms with van der Waals surface area (Å²) >= 11 is 1.55. The Hall–Kier alpha value is -1.13. The van der Waals surface area contributed by atoms with Crippen LogP contribution in [0.5, 0.6) is 0 Å². The second kappa shape index (κ2) is 4.52. The summed E-state index contributed by atoms with van der Waals surface area (Å²) in [5.41, 5.74) is 2.16. The Labute approximate surface area is 111 Å². The molecule has 0 bridgehead atoms. The number of nitrogens with one attached hydrogen (secondary N) is 1. The van der Waals surface area contributed by atoms with Crippen LogP contribution in [0, 0.1) is 5.82 Å². The number of likely N-dealkylation sites (N-methyl/N-ethyl adjacent to an activating group) is 1. The Morgan fingerprint density at radius 3 is 3.11 bits per heavy atom. The average Bonchev–Trinajstić information content (AvgIpc) is 2.64. The van der Waals surface area contributed by atoms with Gasteiger partial charge in [0.05, 0.1) is 0 Å². The summed E-state index contributed by atoms with van der Waals surface area (Å²) in [6, 6.07) is 0.402. The summed E-state index contributed by atoms with van der Waals surface area (Å²) in [5, 5.41) is 3.63. The van der Waals surface area contributed by atoms with Crippen molar-refractivity contribution in [3.8, 4) is 0 Å². The van der Waals surface area contributed by atoms with Crippen molar-refractivity contribution < 1.29 is 4.39 Å². The fourth-order valence-electron chi connectivity index (χ4n) is 2.77. The summed E-state index contributed by atoms with van der Waals surface area (Å²) in [4.78, 5) is 3.47. The first-order valence-corrected chi connectivity index (χ1v) is 7.10. The third kappa shape index (κ3) is 1.71. The molecular formula is C14H17FN2S. The Morgan fingerprint density at radius 1 is 1.50 bits per heavy atom. The van der Waals surface area contributed by atoms with Crippen molar-refractivity contribution in [2.75, 3.05) is 26.0 Å². The van der Waals surface area contributed by atoms with Gasteiger partial charge in [-0.05, 0) is 25.5 Å². The minimum absolute atomic E-state index is 0.0537. The predicted octanol–water partition coefficient (Wildman–Crippen LogP) is 3.13. The molecule has 1 aromatic rings. The third-order valence-electron chi connectivity index (χ3n) is 3.81. The Bertz CT molecular complexity index is 530. The Balaban J connectivity index is 2.15. The van der Waals surface area contributed by atoms with Crippen LogP contribution in [-0.4, -0.2) is 31.6 Å². The largest absolute Gasteiger partial charge is 0.378 e. The number of thiophene rings is 1. The van der Waals surface area contributed by atoms with E-state index in [-0.39, 0.29) is 5.82 Å². The minimum Gasteiger partial charge on any atom is -0.378 e. The number of hydrogen-bond donors (Lipinski definition) is 1. The number of halogens is 1. The first kappa shape index (κ1) is 11.9. The van der Waals surface area contributed by atoms with Crippen molar-refractivity contribution >= 4 is 21.9 Å². The van der Waals surface area contributed by atoms with Crippen molar-refractivity contribution in [2.24, 2.45) is 0 Å². The lowest BCUT2D eigenvalue weighted by Gasteiger charge is -2.28. The van der Waals surface area contributed by atoms with Crippen LogP contribution in [0.1, 0.15) is 16.9 Å². The SMILES string of the molecule is CNc1sc2c(c1F)CCN(C)C1CC=CC=C21. The molecule has 18 heavy (non-hydrogen) atoms. The maximum atomic E-state index is 14.3. The fraction of sp³-hybridized carbons (Fsp3) is 0.429. The highest BCUT2D eigenvalue weighted by molar-refractivity contribution is 7.17. The molecule has 0 fully saturated rings. The van der Waals surface area contributed by atoms with E-state index < -0.39 is 0 Å². The zero-order valence-corrected chi connectivity index (χ0v) is 11.5. The molecule has 0 saturated heterocycles. The van der Waals surface area contributed by atoms with Crippen LogP contribution < -0.4 is 5.32 Å². The lowest BCUT2D eigenvalue weighted by atomic mass is 9.96. The van der Waals surface area contributed by atoms with Gasteiger partial charge in [-0.3, -0.25) is 4.90 Å². The number of allylic oxidation sites excluding steroid dienone is 2. The van der Waals surface area contributed by atoms with Crippen molar-refractivity contribution in [3.63, 3.8) is 0 Å². The number of rotatable bonds is 1. The van der Waals surface area contributed by atoms with Crippen molar-refractivity contribution in [1.29, 1.82) is 0 Å². The number of fused-ring (bicyclic) bond motifs is 3. The molecule has 0 aromatic carbocycles. The summed E-state index contributed by atoms with van der Waals surface area (Å²) in [6.07, 6.45) is 8.24. The summed E-state index contributed by atoms with van der Waals surface area (Å²) in [5.74, 6) is -0.0537. The van der Waals surface area contributed by atoms with Gasteiger partial charge in [-0.2, -0.15) is 0 Å². The van der Waals surface area contributed by atoms with Gasteiger partial charge in [-0.15, -0.1) is 11.3 Å². The predicted molar refractivity (Wildman–Crippen MR) is 75.7 cm³/mol. The van der Waals surface area contributed by atoms with Crippen LogP contribution in [0.2, 0.25) is 0 Å². The van der Waals surface area contributed by atoms with Gasteiger partial charge in [-0.1, -0.05) is 18.2 Å². The monoisotopic (exact) mass is 264 g/mol. The molecule has 2 aliphatic rings. The van der Waals surface area contributed by atoms with Crippen molar-refractivity contribution in [1.82, 2.24) is 4.90 Å². The summed E-state index contributed by atoms with van der Waals surface area (Å²) in [7, 11) is 3.91. The quantitative estimate of drug-likeness (QED) is 0.838. The van der Waals surface area contributed by atoms with E-state index in [0.717, 1.165) is 29.8 Å². The molecule has 1 N–H and O–H groups in total. The standard InChI is InChI=1S/C14H17FN2S/c1-16-14-12(15)10-7-8-17(2)11-6-4-3-5-9(11)13(10)18-14/h3-5,11,16H,6-8H2,1-2H3. The molecule has 2 heterocycles. The fourth-order valence-corrected chi connectivity index (χ4v) is 3.92. The van der Waals surface area contributed by atoms with Crippen molar-refractivity contribution in [3.05, 3.63) is 34.5 Å². The van der Waals surface area contributed by atoms with Gasteiger partial charge in [0.1, 0.15) is 5.00 Å². The lowest BCUT2D eigenvalue weighted by molar-refractivity contribution is 0.297. The number of nitrogens with zero attached hydrogens (tertiary/aromatic N) is 1. The van der Waals surface area contributed by atoms with Crippen LogP contribution in [0.15, 0.2) is 18.2 Å². The third-order valence-corrected chi connectivity index (χ3v) is 5.08. The van der Waals surface area contributed by atoms with Gasteiger partial charge in [0.2, 0.25) is 0 Å². The highest BCUT2D eigenvalue weighted by Crippen LogP contribution is 2.42. The molecule has 3 rings (SSSR count). The van der Waals surface area contributed by atoms with E-state index in [1.54, 1.807) is 18.4 Å². The van der Waals surface area contributed by atoms with Gasteiger partial charge in [0.25, 0.3) is 0 Å². The second-order valence-corrected chi connectivity index (χ2v) is 5.86. The minimum atomic E-state index is -0.0537. The van der Waals surface area contributed by atoms with Gasteiger partial charge in [0, 0.05) is 30.1 Å². The molecule has 1 aliphatic carbocycles. The molecular weight excluding hydrogens is 247 g/mol. The Morgan fingerprint density at radius 2 is 2.33 bits per heavy atom. The van der Waals surface area contributed by atoms with E-state index in [9.17, 15) is 4.39 Å². The highest BCUT2D eigenvalue weighted by atomic mass is 32.1. The maximum Gasteiger partial charge on any atom is 0.161 e. The molecule has 4 heteroatoms. The molecule has 0 spiro atoms. The number of hydrogen-bond acceptors (Lipinski definition) is 3. The topological polar surface area (TPSA) is 15.3 Å². The van der Waals surface area contributed by atoms with E-state index in [2.05, 4.69) is 35.5 Å². The van der Waals surface area contributed by atoms with Gasteiger partial charge < -0.3 is 5.32 Å². The van der Waals surface area contributed by atoms with E-state index in [0.29, 0.717) is 11.0 Å². The molecule has 1 unspecified atom stereocenters. The summed E-state index contributed by atoms with van der Waals surface area (Å²) < 4.78 is 14.3. The molecule has 1 aromatic heterocycles. The zero-order valence-electron chi connectivity index (χ0n) is 10.7. The van der Waals surface area contributed by atoms with Gasteiger partial charge in [0.15, 0.2) is 5.82 Å². The Kier molecular flexibility index (Phi) is 2.99. The van der Waals surface area contributed by atoms with Crippen LogP contribution in [0.3, 0.4) is 0 Å². The van der Waals surface area contributed by atoms with Crippen LogP contribution in [0.4, 0.5) is 9.39 Å². The van der Waals surface area contributed by atoms with Crippen LogP contribution in [0.25, 0.3) is 5.57 Å². The molecule has 96 valence electrons.